The fourth-order valence-corrected chi connectivity index (χ4v) is 3.38. The maximum Gasteiger partial charge on any atom is 0.251 e. The summed E-state index contributed by atoms with van der Waals surface area (Å²) in [6, 6.07) is 6.07. The molecule has 0 aromatic heterocycles. The first-order valence-electron chi connectivity index (χ1n) is 6.97. The highest BCUT2D eigenvalue weighted by Crippen LogP contribution is 2.41. The highest BCUT2D eigenvalue weighted by Gasteiger charge is 2.56. The summed E-state index contributed by atoms with van der Waals surface area (Å²) < 4.78 is 0. The van der Waals surface area contributed by atoms with Gasteiger partial charge in [0.25, 0.3) is 6.04 Å². The minimum atomic E-state index is -1.34. The predicted octanol–water partition coefficient (Wildman–Crippen LogP) is 1.85. The molecular weight excluding hydrogens is 276 g/mol. The summed E-state index contributed by atoms with van der Waals surface area (Å²) in [6.07, 6.45) is -0.556. The van der Waals surface area contributed by atoms with E-state index in [4.69, 9.17) is 0 Å². The Bertz CT molecular complexity index is 521. The van der Waals surface area contributed by atoms with Crippen molar-refractivity contribution in [3.8, 4) is 0 Å². The van der Waals surface area contributed by atoms with Gasteiger partial charge in [0.2, 0.25) is 6.04 Å². The largest absolute Gasteiger partial charge is 0.386 e. The van der Waals surface area contributed by atoms with E-state index in [1.54, 1.807) is 30.3 Å². The quantitative estimate of drug-likeness (QED) is 0.673. The van der Waals surface area contributed by atoms with Crippen molar-refractivity contribution in [3.05, 3.63) is 56.1 Å². The first kappa shape index (κ1) is 15.4. The van der Waals surface area contributed by atoms with E-state index < -0.39 is 34.0 Å². The molecule has 1 aromatic carbocycles. The van der Waals surface area contributed by atoms with E-state index in [0.717, 1.165) is 0 Å². The van der Waals surface area contributed by atoms with E-state index in [1.807, 2.05) is 6.92 Å². The SMILES string of the molecule is CC[C@@H]1C[C@@H](O)[C@@H]([N+](=O)[O-])[C@H](c2ccccc2)[C@@H]1[N+](=O)[O-]. The maximum atomic E-state index is 11.5. The molecule has 5 atom stereocenters. The lowest BCUT2D eigenvalue weighted by Gasteiger charge is -2.36. The zero-order valence-electron chi connectivity index (χ0n) is 11.7. The van der Waals surface area contributed by atoms with Crippen LogP contribution in [-0.4, -0.2) is 33.1 Å². The molecule has 1 N–H and O–H groups in total. The molecule has 0 aliphatic heterocycles. The van der Waals surface area contributed by atoms with E-state index in [9.17, 15) is 25.3 Å². The van der Waals surface area contributed by atoms with Crippen LogP contribution in [0, 0.1) is 26.1 Å². The lowest BCUT2D eigenvalue weighted by Crippen LogP contribution is -2.54. The van der Waals surface area contributed by atoms with E-state index in [2.05, 4.69) is 0 Å². The number of hydrogen-bond acceptors (Lipinski definition) is 5. The molecule has 1 aromatic rings. The van der Waals surface area contributed by atoms with Crippen LogP contribution in [0.5, 0.6) is 0 Å². The first-order chi connectivity index (χ1) is 9.97. The molecule has 114 valence electrons. The maximum absolute atomic E-state index is 11.5. The summed E-state index contributed by atoms with van der Waals surface area (Å²) in [5.41, 5.74) is 0.540. The average Bonchev–Trinajstić information content (AvgIpc) is 2.46. The smallest absolute Gasteiger partial charge is 0.251 e. The molecule has 0 radical (unpaired) electrons. The molecule has 0 spiro atoms. The number of aliphatic hydroxyl groups excluding tert-OH is 1. The van der Waals surface area contributed by atoms with Gasteiger partial charge in [0.05, 0.1) is 0 Å². The van der Waals surface area contributed by atoms with Gasteiger partial charge in [-0.05, 0) is 18.4 Å². The van der Waals surface area contributed by atoms with Crippen LogP contribution in [0.2, 0.25) is 0 Å². The molecule has 0 saturated heterocycles. The fraction of sp³-hybridized carbons (Fsp3) is 0.571. The molecule has 1 saturated carbocycles. The van der Waals surface area contributed by atoms with E-state index >= 15 is 0 Å². The molecule has 0 heterocycles. The normalized spacial score (nSPS) is 32.6. The van der Waals surface area contributed by atoms with Gasteiger partial charge in [0, 0.05) is 15.8 Å². The molecule has 1 aliphatic carbocycles. The van der Waals surface area contributed by atoms with Crippen molar-refractivity contribution >= 4 is 0 Å². The Labute approximate surface area is 121 Å². The third kappa shape index (κ3) is 2.87. The zero-order valence-corrected chi connectivity index (χ0v) is 11.7. The Morgan fingerprint density at radius 1 is 1.14 bits per heavy atom. The number of hydrogen-bond donors (Lipinski definition) is 1. The molecule has 0 unspecified atom stereocenters. The van der Waals surface area contributed by atoms with E-state index in [-0.39, 0.29) is 12.3 Å². The molecular formula is C14H18N2O5. The minimum Gasteiger partial charge on any atom is -0.386 e. The van der Waals surface area contributed by atoms with Crippen molar-refractivity contribution in [1.82, 2.24) is 0 Å². The van der Waals surface area contributed by atoms with Gasteiger partial charge in [-0.25, -0.2) is 0 Å². The summed E-state index contributed by atoms with van der Waals surface area (Å²) >= 11 is 0. The Morgan fingerprint density at radius 2 is 1.71 bits per heavy atom. The van der Waals surface area contributed by atoms with Crippen LogP contribution in [0.15, 0.2) is 30.3 Å². The van der Waals surface area contributed by atoms with Crippen molar-refractivity contribution in [2.45, 2.75) is 43.9 Å². The van der Waals surface area contributed by atoms with Gasteiger partial charge in [0.1, 0.15) is 12.0 Å². The van der Waals surface area contributed by atoms with Crippen molar-refractivity contribution in [3.63, 3.8) is 0 Å². The van der Waals surface area contributed by atoms with Gasteiger partial charge in [-0.1, -0.05) is 37.3 Å². The van der Waals surface area contributed by atoms with Crippen molar-refractivity contribution in [2.24, 2.45) is 5.92 Å². The third-order valence-corrected chi connectivity index (χ3v) is 4.35. The first-order valence-corrected chi connectivity index (χ1v) is 6.97. The summed E-state index contributed by atoms with van der Waals surface area (Å²) in [4.78, 5) is 21.8. The van der Waals surface area contributed by atoms with Crippen LogP contribution >= 0.6 is 0 Å². The van der Waals surface area contributed by atoms with Crippen LogP contribution in [0.4, 0.5) is 0 Å². The van der Waals surface area contributed by atoms with Crippen molar-refractivity contribution in [2.75, 3.05) is 0 Å². The number of benzene rings is 1. The van der Waals surface area contributed by atoms with Crippen LogP contribution in [0.3, 0.4) is 0 Å². The second-order valence-electron chi connectivity index (χ2n) is 5.46. The lowest BCUT2D eigenvalue weighted by atomic mass is 9.69. The van der Waals surface area contributed by atoms with Crippen LogP contribution in [0.25, 0.3) is 0 Å². The molecule has 7 nitrogen and oxygen atoms in total. The van der Waals surface area contributed by atoms with Gasteiger partial charge < -0.3 is 5.11 Å². The molecule has 1 fully saturated rings. The molecule has 21 heavy (non-hydrogen) atoms. The van der Waals surface area contributed by atoms with Gasteiger partial charge in [-0.15, -0.1) is 0 Å². The second kappa shape index (κ2) is 6.17. The average molecular weight is 294 g/mol. The van der Waals surface area contributed by atoms with Crippen LogP contribution < -0.4 is 0 Å². The molecule has 0 amide bonds. The Kier molecular flexibility index (Phi) is 4.52. The number of nitrogens with zero attached hydrogens (tertiary/aromatic N) is 2. The molecule has 0 bridgehead atoms. The van der Waals surface area contributed by atoms with Gasteiger partial charge in [-0.2, -0.15) is 0 Å². The lowest BCUT2D eigenvalue weighted by molar-refractivity contribution is -0.588. The Hall–Kier alpha value is -2.02. The molecule has 7 heteroatoms. The summed E-state index contributed by atoms with van der Waals surface area (Å²) in [7, 11) is 0. The monoisotopic (exact) mass is 294 g/mol. The Balaban J connectivity index is 2.52. The number of rotatable bonds is 4. The fourth-order valence-electron chi connectivity index (χ4n) is 3.38. The zero-order chi connectivity index (χ0) is 15.6. The van der Waals surface area contributed by atoms with Gasteiger partial charge >= 0.3 is 0 Å². The summed E-state index contributed by atoms with van der Waals surface area (Å²) in [5, 5.41) is 32.9. The van der Waals surface area contributed by atoms with Gasteiger partial charge in [0.15, 0.2) is 0 Å². The summed E-state index contributed by atoms with van der Waals surface area (Å²) in [5.74, 6) is -1.28. The number of aliphatic hydroxyl groups is 1. The highest BCUT2D eigenvalue weighted by molar-refractivity contribution is 5.24. The predicted molar refractivity (Wildman–Crippen MR) is 75.2 cm³/mol. The standard InChI is InChI=1S/C14H18N2O5/c1-2-9-8-11(17)14(16(20)21)12(13(9)15(18)19)10-6-4-3-5-7-10/h3-7,9,11-14,17H,2,8H2,1H3/t9-,11-,12-,13-,14-/m1/s1. The minimum absolute atomic E-state index is 0.0944. The third-order valence-electron chi connectivity index (χ3n) is 4.35. The highest BCUT2D eigenvalue weighted by atomic mass is 16.6. The van der Waals surface area contributed by atoms with E-state index in [0.29, 0.717) is 12.0 Å². The van der Waals surface area contributed by atoms with Gasteiger partial charge in [-0.3, -0.25) is 20.2 Å². The Morgan fingerprint density at radius 3 is 2.19 bits per heavy atom. The van der Waals surface area contributed by atoms with Crippen LogP contribution in [0.1, 0.15) is 31.2 Å². The van der Waals surface area contributed by atoms with Crippen LogP contribution in [-0.2, 0) is 0 Å². The molecule has 1 aliphatic rings. The van der Waals surface area contributed by atoms with Crippen molar-refractivity contribution < 1.29 is 15.0 Å². The molecule has 2 rings (SSSR count). The number of nitro groups is 2. The second-order valence-corrected chi connectivity index (χ2v) is 5.46. The summed E-state index contributed by atoms with van der Waals surface area (Å²) in [6.45, 7) is 1.81. The topological polar surface area (TPSA) is 107 Å². The van der Waals surface area contributed by atoms with E-state index in [1.165, 1.54) is 0 Å². The van der Waals surface area contributed by atoms with Crippen molar-refractivity contribution in [1.29, 1.82) is 0 Å².